The number of nitrogens with zero attached hydrogens (tertiary/aromatic N) is 1. The highest BCUT2D eigenvalue weighted by Crippen LogP contribution is 2.20. The Morgan fingerprint density at radius 3 is 2.71 bits per heavy atom. The maximum absolute atomic E-state index is 13.1. The van der Waals surface area contributed by atoms with Crippen LogP contribution in [-0.2, 0) is 0 Å². The predicted octanol–water partition coefficient (Wildman–Crippen LogP) is 3.38. The van der Waals surface area contributed by atoms with Crippen LogP contribution < -0.4 is 10.6 Å². The van der Waals surface area contributed by atoms with Gasteiger partial charge in [-0.15, -0.1) is 0 Å². The zero-order valence-electron chi connectivity index (χ0n) is 11.5. The number of nitrogens with one attached hydrogen (secondary N) is 2. The number of hydrogen-bond donors (Lipinski definition) is 2. The Kier molecular flexibility index (Phi) is 4.52. The van der Waals surface area contributed by atoms with Crippen molar-refractivity contribution < 1.29 is 9.18 Å². The topological polar surface area (TPSA) is 64.9 Å². The van der Waals surface area contributed by atoms with Crippen molar-refractivity contribution in [3.05, 3.63) is 59.4 Å². The highest BCUT2D eigenvalue weighted by atomic mass is 19.1. The van der Waals surface area contributed by atoms with Gasteiger partial charge in [0.1, 0.15) is 11.9 Å². The minimum Gasteiger partial charge on any atom is -0.385 e. The predicted molar refractivity (Wildman–Crippen MR) is 79.7 cm³/mol. The molecule has 0 unspecified atom stereocenters. The lowest BCUT2D eigenvalue weighted by Crippen LogP contribution is -2.15. The van der Waals surface area contributed by atoms with E-state index in [2.05, 4.69) is 10.6 Å². The molecule has 4 nitrogen and oxygen atoms in total. The van der Waals surface area contributed by atoms with Crippen LogP contribution in [0.5, 0.6) is 0 Å². The smallest absolute Gasteiger partial charge is 0.257 e. The molecule has 0 aliphatic heterocycles. The zero-order chi connectivity index (χ0) is 15.2. The standard InChI is InChI=1S/C16H14FN3O/c1-2-19-15-6-4-3-5-13(15)16(21)20-14-8-7-12(17)9-11(14)10-18/h3-9,19H,2H2,1H3,(H,20,21). The van der Waals surface area contributed by atoms with Gasteiger partial charge >= 0.3 is 0 Å². The molecule has 0 saturated heterocycles. The molecular weight excluding hydrogens is 269 g/mol. The molecule has 2 N–H and O–H groups in total. The first-order chi connectivity index (χ1) is 10.2. The minimum absolute atomic E-state index is 0.0873. The van der Waals surface area contributed by atoms with Crippen molar-refractivity contribution in [3.8, 4) is 6.07 Å². The van der Waals surface area contributed by atoms with Gasteiger partial charge < -0.3 is 10.6 Å². The van der Waals surface area contributed by atoms with Crippen LogP contribution in [-0.4, -0.2) is 12.5 Å². The van der Waals surface area contributed by atoms with Crippen LogP contribution in [0.3, 0.4) is 0 Å². The van der Waals surface area contributed by atoms with Gasteiger partial charge in [0.25, 0.3) is 5.91 Å². The summed E-state index contributed by atoms with van der Waals surface area (Å²) in [6, 6.07) is 12.6. The van der Waals surface area contributed by atoms with E-state index in [1.54, 1.807) is 18.2 Å². The zero-order valence-corrected chi connectivity index (χ0v) is 11.5. The van der Waals surface area contributed by atoms with Crippen LogP contribution in [0.1, 0.15) is 22.8 Å². The van der Waals surface area contributed by atoms with E-state index in [1.165, 1.54) is 12.1 Å². The summed E-state index contributed by atoms with van der Waals surface area (Å²) in [4.78, 5) is 12.3. The summed E-state index contributed by atoms with van der Waals surface area (Å²) in [6.07, 6.45) is 0. The SMILES string of the molecule is CCNc1ccccc1C(=O)Nc1ccc(F)cc1C#N. The van der Waals surface area contributed by atoms with E-state index in [0.717, 1.165) is 6.07 Å². The summed E-state index contributed by atoms with van der Waals surface area (Å²) >= 11 is 0. The molecule has 2 aromatic carbocycles. The van der Waals surface area contributed by atoms with Gasteiger partial charge in [-0.2, -0.15) is 5.26 Å². The molecule has 2 rings (SSSR count). The average molecular weight is 283 g/mol. The van der Waals surface area contributed by atoms with E-state index in [0.29, 0.717) is 17.8 Å². The molecule has 1 amide bonds. The molecule has 2 aromatic rings. The van der Waals surface area contributed by atoms with Gasteiger partial charge in [-0.3, -0.25) is 4.79 Å². The summed E-state index contributed by atoms with van der Waals surface area (Å²) in [5, 5.41) is 14.7. The quantitative estimate of drug-likeness (QED) is 0.904. The number of benzene rings is 2. The van der Waals surface area contributed by atoms with Gasteiger partial charge in [-0.25, -0.2) is 4.39 Å². The van der Waals surface area contributed by atoms with Crippen molar-refractivity contribution in [2.24, 2.45) is 0 Å². The fourth-order valence-electron chi connectivity index (χ4n) is 1.93. The highest BCUT2D eigenvalue weighted by Gasteiger charge is 2.13. The fraction of sp³-hybridized carbons (Fsp3) is 0.125. The van der Waals surface area contributed by atoms with Gasteiger partial charge in [0.2, 0.25) is 0 Å². The van der Waals surface area contributed by atoms with E-state index < -0.39 is 5.82 Å². The third-order valence-corrected chi connectivity index (χ3v) is 2.89. The summed E-state index contributed by atoms with van der Waals surface area (Å²) in [6.45, 7) is 2.62. The number of halogens is 1. The third-order valence-electron chi connectivity index (χ3n) is 2.89. The minimum atomic E-state index is -0.516. The lowest BCUT2D eigenvalue weighted by atomic mass is 10.1. The van der Waals surface area contributed by atoms with E-state index >= 15 is 0 Å². The summed E-state index contributed by atoms with van der Waals surface area (Å²) in [5.41, 5.74) is 1.55. The Hall–Kier alpha value is -2.87. The first-order valence-corrected chi connectivity index (χ1v) is 6.49. The van der Waals surface area contributed by atoms with Gasteiger partial charge in [0.05, 0.1) is 16.8 Å². The molecule has 0 atom stereocenters. The molecule has 0 radical (unpaired) electrons. The van der Waals surface area contributed by atoms with E-state index in [4.69, 9.17) is 5.26 Å². The Labute approximate surface area is 122 Å². The Balaban J connectivity index is 2.29. The largest absolute Gasteiger partial charge is 0.385 e. The van der Waals surface area contributed by atoms with Crippen molar-refractivity contribution in [3.63, 3.8) is 0 Å². The molecule has 0 spiro atoms. The van der Waals surface area contributed by atoms with Crippen LogP contribution in [0.2, 0.25) is 0 Å². The molecule has 0 aliphatic carbocycles. The Morgan fingerprint density at radius 1 is 1.24 bits per heavy atom. The summed E-state index contributed by atoms with van der Waals surface area (Å²) in [7, 11) is 0. The van der Waals surface area contributed by atoms with Crippen LogP contribution in [0.15, 0.2) is 42.5 Å². The molecule has 0 heterocycles. The van der Waals surface area contributed by atoms with Gasteiger partial charge in [0.15, 0.2) is 0 Å². The average Bonchev–Trinajstić information content (AvgIpc) is 2.49. The lowest BCUT2D eigenvalue weighted by Gasteiger charge is -2.11. The monoisotopic (exact) mass is 283 g/mol. The van der Waals surface area contributed by atoms with Crippen molar-refractivity contribution in [1.29, 1.82) is 5.26 Å². The second-order valence-electron chi connectivity index (χ2n) is 4.33. The van der Waals surface area contributed by atoms with Crippen molar-refractivity contribution in [2.45, 2.75) is 6.92 Å². The number of rotatable bonds is 4. The van der Waals surface area contributed by atoms with E-state index in [-0.39, 0.29) is 17.2 Å². The molecule has 0 saturated carbocycles. The molecule has 0 bridgehead atoms. The molecule has 106 valence electrons. The number of amides is 1. The van der Waals surface area contributed by atoms with Crippen LogP contribution in [0.25, 0.3) is 0 Å². The molecular formula is C16H14FN3O. The van der Waals surface area contributed by atoms with Gasteiger partial charge in [-0.1, -0.05) is 12.1 Å². The second-order valence-corrected chi connectivity index (χ2v) is 4.33. The van der Waals surface area contributed by atoms with E-state index in [1.807, 2.05) is 19.1 Å². The Morgan fingerprint density at radius 2 is 2.00 bits per heavy atom. The molecule has 0 aromatic heterocycles. The van der Waals surface area contributed by atoms with Crippen LogP contribution in [0.4, 0.5) is 15.8 Å². The first-order valence-electron chi connectivity index (χ1n) is 6.49. The maximum atomic E-state index is 13.1. The number of nitriles is 1. The fourth-order valence-corrected chi connectivity index (χ4v) is 1.93. The number of para-hydroxylation sites is 1. The van der Waals surface area contributed by atoms with E-state index in [9.17, 15) is 9.18 Å². The lowest BCUT2D eigenvalue weighted by molar-refractivity contribution is 0.102. The third kappa shape index (κ3) is 3.37. The molecule has 21 heavy (non-hydrogen) atoms. The number of hydrogen-bond acceptors (Lipinski definition) is 3. The molecule has 0 aliphatic rings. The van der Waals surface area contributed by atoms with Crippen molar-refractivity contribution >= 4 is 17.3 Å². The van der Waals surface area contributed by atoms with Gasteiger partial charge in [0, 0.05) is 12.2 Å². The highest BCUT2D eigenvalue weighted by molar-refractivity contribution is 6.08. The normalized spacial score (nSPS) is 9.76. The number of carbonyl (C=O) groups excluding carboxylic acids is 1. The van der Waals surface area contributed by atoms with Gasteiger partial charge in [-0.05, 0) is 37.3 Å². The number of anilines is 2. The van der Waals surface area contributed by atoms with Crippen LogP contribution >= 0.6 is 0 Å². The second kappa shape index (κ2) is 6.53. The van der Waals surface area contributed by atoms with Crippen molar-refractivity contribution in [1.82, 2.24) is 0 Å². The summed E-state index contributed by atoms with van der Waals surface area (Å²) in [5.74, 6) is -0.868. The number of carbonyl (C=O) groups is 1. The van der Waals surface area contributed by atoms with Crippen molar-refractivity contribution in [2.75, 3.05) is 17.2 Å². The van der Waals surface area contributed by atoms with Crippen LogP contribution in [0, 0.1) is 17.1 Å². The first kappa shape index (κ1) is 14.5. The molecule has 0 fully saturated rings. The molecule has 5 heteroatoms. The summed E-state index contributed by atoms with van der Waals surface area (Å²) < 4.78 is 13.1. The maximum Gasteiger partial charge on any atom is 0.257 e. The Bertz CT molecular complexity index is 707.